The van der Waals surface area contributed by atoms with E-state index >= 15 is 0 Å². The van der Waals surface area contributed by atoms with Crippen LogP contribution < -0.4 is 0 Å². The van der Waals surface area contributed by atoms with E-state index in [0.717, 1.165) is 22.5 Å². The summed E-state index contributed by atoms with van der Waals surface area (Å²) in [6, 6.07) is 14.8. The fourth-order valence-electron chi connectivity index (χ4n) is 2.73. The smallest absolute Gasteiger partial charge is 0.129 e. The summed E-state index contributed by atoms with van der Waals surface area (Å²) in [5.41, 5.74) is 5.82. The molecule has 0 N–H and O–H groups in total. The Morgan fingerprint density at radius 2 is 1.90 bits per heavy atom. The first-order valence-corrected chi connectivity index (χ1v) is 7.78. The number of hydrogen-bond acceptors (Lipinski definition) is 1. The third-order valence-corrected chi connectivity index (χ3v) is 4.10. The summed E-state index contributed by atoms with van der Waals surface area (Å²) >= 11 is 6.12. The van der Waals surface area contributed by atoms with Crippen LogP contribution in [0.2, 0.25) is 0 Å². The minimum absolute atomic E-state index is 0.403. The minimum Gasteiger partial charge on any atom is -0.295 e. The number of halogens is 1. The minimum atomic E-state index is 0.403. The predicted octanol–water partition coefficient (Wildman–Crippen LogP) is 5.20. The van der Waals surface area contributed by atoms with Gasteiger partial charge in [0.2, 0.25) is 0 Å². The van der Waals surface area contributed by atoms with Crippen molar-refractivity contribution < 1.29 is 0 Å². The van der Waals surface area contributed by atoms with Crippen LogP contribution in [0.5, 0.6) is 0 Å². The Morgan fingerprint density at radius 3 is 2.62 bits per heavy atom. The third kappa shape index (κ3) is 2.44. The van der Waals surface area contributed by atoms with Gasteiger partial charge in [0.05, 0.1) is 16.9 Å². The van der Waals surface area contributed by atoms with Gasteiger partial charge in [-0.15, -0.1) is 11.6 Å². The molecule has 0 bridgehead atoms. The van der Waals surface area contributed by atoms with Crippen molar-refractivity contribution in [2.75, 3.05) is 0 Å². The van der Waals surface area contributed by atoms with Gasteiger partial charge in [0.1, 0.15) is 5.82 Å². The number of aryl methyl sites for hydroxylation is 1. The molecular formula is C18H19ClN2. The standard InChI is InChI=1S/C18H19ClN2/c1-12(2)14-7-5-8-15(10-14)21-17(11-19)20-16-9-4-6-13(3)18(16)21/h4-10,12H,11H2,1-3H3. The summed E-state index contributed by atoms with van der Waals surface area (Å²) in [7, 11) is 0. The zero-order valence-corrected chi connectivity index (χ0v) is 13.4. The molecule has 2 nitrogen and oxygen atoms in total. The second-order valence-electron chi connectivity index (χ2n) is 5.69. The van der Waals surface area contributed by atoms with Crippen LogP contribution in [0.15, 0.2) is 42.5 Å². The van der Waals surface area contributed by atoms with Crippen LogP contribution in [-0.2, 0) is 5.88 Å². The molecule has 0 atom stereocenters. The molecule has 3 rings (SSSR count). The highest BCUT2D eigenvalue weighted by Gasteiger charge is 2.14. The number of hydrogen-bond donors (Lipinski definition) is 0. The summed E-state index contributed by atoms with van der Waals surface area (Å²) in [5.74, 6) is 1.79. The van der Waals surface area contributed by atoms with Crippen molar-refractivity contribution in [1.82, 2.24) is 9.55 Å². The maximum absolute atomic E-state index is 6.12. The summed E-state index contributed by atoms with van der Waals surface area (Å²) in [6.45, 7) is 6.53. The maximum atomic E-state index is 6.12. The third-order valence-electron chi connectivity index (χ3n) is 3.86. The number of fused-ring (bicyclic) bond motifs is 1. The van der Waals surface area contributed by atoms with Crippen LogP contribution in [0.25, 0.3) is 16.7 Å². The van der Waals surface area contributed by atoms with Crippen molar-refractivity contribution in [1.29, 1.82) is 0 Å². The van der Waals surface area contributed by atoms with E-state index in [0.29, 0.717) is 11.8 Å². The van der Waals surface area contributed by atoms with E-state index in [9.17, 15) is 0 Å². The monoisotopic (exact) mass is 298 g/mol. The van der Waals surface area contributed by atoms with Crippen LogP contribution in [-0.4, -0.2) is 9.55 Å². The summed E-state index contributed by atoms with van der Waals surface area (Å²) in [6.07, 6.45) is 0. The zero-order valence-electron chi connectivity index (χ0n) is 12.6. The van der Waals surface area contributed by atoms with Crippen LogP contribution in [0.4, 0.5) is 0 Å². The molecule has 21 heavy (non-hydrogen) atoms. The van der Waals surface area contributed by atoms with E-state index in [1.165, 1.54) is 11.1 Å². The highest BCUT2D eigenvalue weighted by atomic mass is 35.5. The quantitative estimate of drug-likeness (QED) is 0.608. The van der Waals surface area contributed by atoms with E-state index in [-0.39, 0.29) is 0 Å². The lowest BCUT2D eigenvalue weighted by molar-refractivity contribution is 0.861. The highest BCUT2D eigenvalue weighted by molar-refractivity contribution is 6.17. The average molecular weight is 299 g/mol. The van der Waals surface area contributed by atoms with Crippen LogP contribution in [0, 0.1) is 6.92 Å². The Balaban J connectivity index is 2.31. The molecule has 0 fully saturated rings. The van der Waals surface area contributed by atoms with Crippen molar-refractivity contribution in [3.05, 3.63) is 59.4 Å². The number of alkyl halides is 1. The fraction of sp³-hybridized carbons (Fsp3) is 0.278. The number of nitrogens with zero attached hydrogens (tertiary/aromatic N) is 2. The highest BCUT2D eigenvalue weighted by Crippen LogP contribution is 2.27. The molecule has 0 amide bonds. The van der Waals surface area contributed by atoms with Crippen LogP contribution >= 0.6 is 11.6 Å². The van der Waals surface area contributed by atoms with Crippen LogP contribution in [0.3, 0.4) is 0 Å². The van der Waals surface area contributed by atoms with Crippen molar-refractivity contribution in [2.24, 2.45) is 0 Å². The lowest BCUT2D eigenvalue weighted by atomic mass is 10.0. The molecule has 0 saturated carbocycles. The lowest BCUT2D eigenvalue weighted by Gasteiger charge is -2.12. The van der Waals surface area contributed by atoms with Gasteiger partial charge in [-0.25, -0.2) is 4.98 Å². The van der Waals surface area contributed by atoms with Gasteiger partial charge in [-0.05, 0) is 42.2 Å². The molecule has 0 radical (unpaired) electrons. The molecule has 3 aromatic rings. The second kappa shape index (κ2) is 5.53. The van der Waals surface area contributed by atoms with E-state index < -0.39 is 0 Å². The number of para-hydroxylation sites is 1. The fourth-order valence-corrected chi connectivity index (χ4v) is 2.91. The molecule has 1 aromatic heterocycles. The molecular weight excluding hydrogens is 280 g/mol. The largest absolute Gasteiger partial charge is 0.295 e. The van der Waals surface area contributed by atoms with Gasteiger partial charge >= 0.3 is 0 Å². The molecule has 0 aliphatic rings. The molecule has 0 spiro atoms. The van der Waals surface area contributed by atoms with Gasteiger partial charge in [0, 0.05) is 5.69 Å². The molecule has 3 heteroatoms. The number of rotatable bonds is 3. The van der Waals surface area contributed by atoms with E-state index in [4.69, 9.17) is 11.6 Å². The number of imidazole rings is 1. The number of benzene rings is 2. The normalized spacial score (nSPS) is 11.5. The first-order chi connectivity index (χ1) is 10.1. The van der Waals surface area contributed by atoms with Gasteiger partial charge in [0.15, 0.2) is 0 Å². The predicted molar refractivity (Wildman–Crippen MR) is 89.5 cm³/mol. The van der Waals surface area contributed by atoms with Crippen molar-refractivity contribution >= 4 is 22.6 Å². The Kier molecular flexibility index (Phi) is 3.73. The van der Waals surface area contributed by atoms with Crippen LogP contribution in [0.1, 0.15) is 36.7 Å². The molecule has 0 aliphatic heterocycles. The first kappa shape index (κ1) is 14.2. The van der Waals surface area contributed by atoms with Gasteiger partial charge in [-0.1, -0.05) is 38.1 Å². The molecule has 0 aliphatic carbocycles. The Bertz CT molecular complexity index is 787. The topological polar surface area (TPSA) is 17.8 Å². The molecule has 108 valence electrons. The Hall–Kier alpha value is -1.80. The Labute approximate surface area is 130 Å². The van der Waals surface area contributed by atoms with Gasteiger partial charge in [0.25, 0.3) is 0 Å². The summed E-state index contributed by atoms with van der Waals surface area (Å²) < 4.78 is 2.18. The van der Waals surface area contributed by atoms with E-state index in [2.05, 4.69) is 60.7 Å². The summed E-state index contributed by atoms with van der Waals surface area (Å²) in [5, 5.41) is 0. The second-order valence-corrected chi connectivity index (χ2v) is 5.96. The van der Waals surface area contributed by atoms with Crippen molar-refractivity contribution in [2.45, 2.75) is 32.6 Å². The summed E-state index contributed by atoms with van der Waals surface area (Å²) in [4.78, 5) is 4.67. The first-order valence-electron chi connectivity index (χ1n) is 7.25. The Morgan fingerprint density at radius 1 is 1.14 bits per heavy atom. The lowest BCUT2D eigenvalue weighted by Crippen LogP contribution is -2.01. The maximum Gasteiger partial charge on any atom is 0.129 e. The van der Waals surface area contributed by atoms with E-state index in [1.54, 1.807) is 0 Å². The SMILES string of the molecule is Cc1cccc2nc(CCl)n(-c3cccc(C(C)C)c3)c12. The molecule has 2 aromatic carbocycles. The molecule has 0 unspecified atom stereocenters. The zero-order chi connectivity index (χ0) is 15.0. The average Bonchev–Trinajstić information content (AvgIpc) is 2.87. The molecule has 0 saturated heterocycles. The van der Waals surface area contributed by atoms with Crippen molar-refractivity contribution in [3.63, 3.8) is 0 Å². The molecule has 1 heterocycles. The van der Waals surface area contributed by atoms with E-state index in [1.807, 2.05) is 12.1 Å². The van der Waals surface area contributed by atoms with Gasteiger partial charge < -0.3 is 0 Å². The van der Waals surface area contributed by atoms with Gasteiger partial charge in [-0.3, -0.25) is 4.57 Å². The number of aromatic nitrogens is 2. The van der Waals surface area contributed by atoms with Crippen molar-refractivity contribution in [3.8, 4) is 5.69 Å². The van der Waals surface area contributed by atoms with Gasteiger partial charge in [-0.2, -0.15) is 0 Å².